The molecule has 3 rings (SSSR count). The van der Waals surface area contributed by atoms with Gasteiger partial charge in [0.2, 0.25) is 0 Å². The first-order chi connectivity index (χ1) is 9.74. The second kappa shape index (κ2) is 5.94. The van der Waals surface area contributed by atoms with Gasteiger partial charge >= 0.3 is 0 Å². The van der Waals surface area contributed by atoms with Gasteiger partial charge in [0.05, 0.1) is 17.6 Å². The molecule has 0 amide bonds. The monoisotopic (exact) mass is 273 g/mol. The Hall–Kier alpha value is -1.39. The first kappa shape index (κ1) is 13.6. The molecule has 2 aromatic rings. The predicted molar refractivity (Wildman–Crippen MR) is 81.1 cm³/mol. The number of aryl methyl sites for hydroxylation is 2. The molecule has 1 aromatic carbocycles. The average molecular weight is 273 g/mol. The fraction of sp³-hybridized carbons (Fsp3) is 0.562. The Balaban J connectivity index is 1.61. The number of aromatic nitrogens is 2. The Morgan fingerprint density at radius 2 is 2.30 bits per heavy atom. The van der Waals surface area contributed by atoms with E-state index in [0.717, 1.165) is 43.0 Å². The number of hydrogen-bond acceptors (Lipinski definition) is 3. The van der Waals surface area contributed by atoms with Gasteiger partial charge in [-0.1, -0.05) is 6.07 Å². The van der Waals surface area contributed by atoms with Crippen molar-refractivity contribution in [2.75, 3.05) is 19.8 Å². The number of ether oxygens (including phenoxy) is 1. The summed E-state index contributed by atoms with van der Waals surface area (Å²) in [6.07, 6.45) is 3.32. The van der Waals surface area contributed by atoms with Crippen molar-refractivity contribution in [1.82, 2.24) is 15.3 Å². The zero-order valence-corrected chi connectivity index (χ0v) is 12.3. The number of H-pyrrole nitrogens is 1. The molecule has 20 heavy (non-hydrogen) atoms. The maximum Gasteiger partial charge on any atom is 0.108 e. The lowest BCUT2D eigenvalue weighted by atomic mass is 10.1. The molecular weight excluding hydrogens is 250 g/mol. The van der Waals surface area contributed by atoms with Crippen LogP contribution in [0.2, 0.25) is 0 Å². The predicted octanol–water partition coefficient (Wildman–Crippen LogP) is 2.49. The van der Waals surface area contributed by atoms with E-state index in [-0.39, 0.29) is 0 Å². The largest absolute Gasteiger partial charge is 0.380 e. The van der Waals surface area contributed by atoms with Crippen LogP contribution in [-0.2, 0) is 11.2 Å². The molecule has 0 bridgehead atoms. The molecule has 1 aliphatic rings. The Morgan fingerprint density at radius 1 is 1.40 bits per heavy atom. The van der Waals surface area contributed by atoms with Crippen molar-refractivity contribution in [1.29, 1.82) is 0 Å². The SMILES string of the molecule is Cc1ccc2[nH]c(CCN[C@H]3CCCOC3)nc2c1C. The molecule has 4 nitrogen and oxygen atoms in total. The van der Waals surface area contributed by atoms with E-state index in [1.165, 1.54) is 24.0 Å². The number of nitrogens with one attached hydrogen (secondary N) is 2. The standard InChI is InChI=1S/C16H23N3O/c1-11-5-6-14-16(12(11)2)19-15(18-14)7-8-17-13-4-3-9-20-10-13/h5-6,13,17H,3-4,7-10H2,1-2H3,(H,18,19)/t13-/m0/s1. The number of hydrogen-bond donors (Lipinski definition) is 2. The van der Waals surface area contributed by atoms with Gasteiger partial charge in [-0.3, -0.25) is 0 Å². The van der Waals surface area contributed by atoms with Crippen molar-refractivity contribution in [3.63, 3.8) is 0 Å². The highest BCUT2D eigenvalue weighted by Gasteiger charge is 2.13. The summed E-state index contributed by atoms with van der Waals surface area (Å²) in [6.45, 7) is 6.98. The molecule has 0 spiro atoms. The number of rotatable bonds is 4. The van der Waals surface area contributed by atoms with Gasteiger partial charge in [-0.15, -0.1) is 0 Å². The van der Waals surface area contributed by atoms with Crippen LogP contribution in [0.3, 0.4) is 0 Å². The van der Waals surface area contributed by atoms with E-state index in [4.69, 9.17) is 9.72 Å². The van der Waals surface area contributed by atoms with Gasteiger partial charge in [-0.2, -0.15) is 0 Å². The van der Waals surface area contributed by atoms with E-state index in [1.54, 1.807) is 0 Å². The normalized spacial score (nSPS) is 19.6. The minimum atomic E-state index is 0.511. The zero-order chi connectivity index (χ0) is 13.9. The van der Waals surface area contributed by atoms with Crippen LogP contribution in [0.15, 0.2) is 12.1 Å². The summed E-state index contributed by atoms with van der Waals surface area (Å²) in [5, 5.41) is 3.56. The molecule has 1 aromatic heterocycles. The lowest BCUT2D eigenvalue weighted by Gasteiger charge is -2.22. The summed E-state index contributed by atoms with van der Waals surface area (Å²) in [5.41, 5.74) is 4.83. The number of aromatic amines is 1. The van der Waals surface area contributed by atoms with Crippen molar-refractivity contribution in [2.24, 2.45) is 0 Å². The molecule has 1 saturated heterocycles. The number of nitrogens with zero attached hydrogens (tertiary/aromatic N) is 1. The molecule has 4 heteroatoms. The number of benzene rings is 1. The van der Waals surface area contributed by atoms with Crippen LogP contribution >= 0.6 is 0 Å². The summed E-state index contributed by atoms with van der Waals surface area (Å²) >= 11 is 0. The maximum atomic E-state index is 5.48. The first-order valence-electron chi connectivity index (χ1n) is 7.50. The molecule has 108 valence electrons. The fourth-order valence-electron chi connectivity index (χ4n) is 2.78. The van der Waals surface area contributed by atoms with Gasteiger partial charge in [0.1, 0.15) is 5.82 Å². The fourth-order valence-corrected chi connectivity index (χ4v) is 2.78. The molecule has 1 aliphatic heterocycles. The Kier molecular flexibility index (Phi) is 4.03. The molecule has 0 aliphatic carbocycles. The molecular formula is C16H23N3O. The minimum Gasteiger partial charge on any atom is -0.380 e. The van der Waals surface area contributed by atoms with Crippen molar-refractivity contribution >= 4 is 11.0 Å². The highest BCUT2D eigenvalue weighted by molar-refractivity contribution is 5.79. The van der Waals surface area contributed by atoms with E-state index >= 15 is 0 Å². The van der Waals surface area contributed by atoms with Gasteiger partial charge in [-0.25, -0.2) is 4.98 Å². The summed E-state index contributed by atoms with van der Waals surface area (Å²) in [5.74, 6) is 1.07. The maximum absolute atomic E-state index is 5.48. The summed E-state index contributed by atoms with van der Waals surface area (Å²) in [4.78, 5) is 8.15. The van der Waals surface area contributed by atoms with Crippen molar-refractivity contribution in [3.05, 3.63) is 29.1 Å². The minimum absolute atomic E-state index is 0.511. The van der Waals surface area contributed by atoms with Crippen LogP contribution in [0.1, 0.15) is 29.8 Å². The summed E-state index contributed by atoms with van der Waals surface area (Å²) in [7, 11) is 0. The van der Waals surface area contributed by atoms with Gasteiger partial charge in [0.15, 0.2) is 0 Å². The van der Waals surface area contributed by atoms with Crippen LogP contribution < -0.4 is 5.32 Å². The third-order valence-electron chi connectivity index (χ3n) is 4.18. The van der Waals surface area contributed by atoms with E-state index in [1.807, 2.05) is 0 Å². The summed E-state index contributed by atoms with van der Waals surface area (Å²) in [6, 6.07) is 4.78. The van der Waals surface area contributed by atoms with Crippen molar-refractivity contribution < 1.29 is 4.74 Å². The van der Waals surface area contributed by atoms with Crippen molar-refractivity contribution in [2.45, 2.75) is 39.2 Å². The van der Waals surface area contributed by atoms with E-state index in [2.05, 4.69) is 36.3 Å². The smallest absolute Gasteiger partial charge is 0.108 e. The van der Waals surface area contributed by atoms with Crippen LogP contribution in [-0.4, -0.2) is 35.8 Å². The molecule has 2 heterocycles. The quantitative estimate of drug-likeness (QED) is 0.900. The van der Waals surface area contributed by atoms with Gasteiger partial charge in [0, 0.05) is 25.6 Å². The molecule has 0 unspecified atom stereocenters. The van der Waals surface area contributed by atoms with E-state index in [9.17, 15) is 0 Å². The third kappa shape index (κ3) is 2.86. The van der Waals surface area contributed by atoms with E-state index in [0.29, 0.717) is 6.04 Å². The molecule has 0 radical (unpaired) electrons. The van der Waals surface area contributed by atoms with Crippen LogP contribution in [0, 0.1) is 13.8 Å². The topological polar surface area (TPSA) is 49.9 Å². The number of imidazole rings is 1. The van der Waals surface area contributed by atoms with Crippen LogP contribution in [0.5, 0.6) is 0 Å². The zero-order valence-electron chi connectivity index (χ0n) is 12.3. The average Bonchev–Trinajstić information content (AvgIpc) is 2.88. The second-order valence-corrected chi connectivity index (χ2v) is 5.71. The van der Waals surface area contributed by atoms with Crippen LogP contribution in [0.4, 0.5) is 0 Å². The Labute approximate surface area is 119 Å². The Bertz CT molecular complexity index is 585. The molecule has 1 atom stereocenters. The number of fused-ring (bicyclic) bond motifs is 1. The van der Waals surface area contributed by atoms with Gasteiger partial charge in [0.25, 0.3) is 0 Å². The van der Waals surface area contributed by atoms with E-state index < -0.39 is 0 Å². The lowest BCUT2D eigenvalue weighted by Crippen LogP contribution is -2.37. The van der Waals surface area contributed by atoms with Gasteiger partial charge in [-0.05, 0) is 43.9 Å². The highest BCUT2D eigenvalue weighted by atomic mass is 16.5. The first-order valence-corrected chi connectivity index (χ1v) is 7.50. The highest BCUT2D eigenvalue weighted by Crippen LogP contribution is 2.19. The van der Waals surface area contributed by atoms with Gasteiger partial charge < -0.3 is 15.0 Å². The molecule has 0 saturated carbocycles. The summed E-state index contributed by atoms with van der Waals surface area (Å²) < 4.78 is 5.48. The lowest BCUT2D eigenvalue weighted by molar-refractivity contribution is 0.0707. The molecule has 1 fully saturated rings. The van der Waals surface area contributed by atoms with Crippen LogP contribution in [0.25, 0.3) is 11.0 Å². The Morgan fingerprint density at radius 3 is 3.10 bits per heavy atom. The molecule has 2 N–H and O–H groups in total. The second-order valence-electron chi connectivity index (χ2n) is 5.71. The third-order valence-corrected chi connectivity index (χ3v) is 4.18. The van der Waals surface area contributed by atoms with Crippen molar-refractivity contribution in [3.8, 4) is 0 Å².